The molecule has 5 nitrogen and oxygen atoms in total. The normalized spacial score (nSPS) is 47.9. The summed E-state index contributed by atoms with van der Waals surface area (Å²) in [6.07, 6.45) is 7.63. The molecule has 4 aliphatic heterocycles. The highest BCUT2D eigenvalue weighted by molar-refractivity contribution is 5.89. The van der Waals surface area contributed by atoms with Crippen molar-refractivity contribution in [1.29, 1.82) is 0 Å². The molecule has 4 aliphatic rings. The minimum atomic E-state index is -1.19. The first-order chi connectivity index (χ1) is 9.77. The van der Waals surface area contributed by atoms with E-state index < -0.39 is 5.79 Å². The van der Waals surface area contributed by atoms with Crippen molar-refractivity contribution in [2.45, 2.75) is 62.3 Å². The summed E-state index contributed by atoms with van der Waals surface area (Å²) in [5.41, 5.74) is 0. The fraction of sp³-hybridized carbons (Fsp3) is 0.800. The molecule has 1 unspecified atom stereocenters. The molecule has 0 N–H and O–H groups in total. The van der Waals surface area contributed by atoms with Crippen LogP contribution in [0.15, 0.2) is 12.2 Å². The first-order valence-electron chi connectivity index (χ1n) is 7.58. The highest BCUT2D eigenvalue weighted by Crippen LogP contribution is 2.39. The van der Waals surface area contributed by atoms with E-state index in [2.05, 4.69) is 0 Å². The number of carbonyl (C=O) groups is 1. The highest BCUT2D eigenvalue weighted by atomic mass is 16.7. The third-order valence-electron chi connectivity index (χ3n) is 4.62. The second-order valence-electron chi connectivity index (χ2n) is 6.00. The molecule has 0 aromatic rings. The second-order valence-corrected chi connectivity index (χ2v) is 6.00. The van der Waals surface area contributed by atoms with Gasteiger partial charge in [0.25, 0.3) is 0 Å². The number of Topliss-reactive ketones (excluding diaryl/α,β-unsaturated/α-hetero) is 1. The summed E-state index contributed by atoms with van der Waals surface area (Å²) < 4.78 is 23.4. The maximum Gasteiger partial charge on any atom is 0.250 e. The first kappa shape index (κ1) is 13.0. The van der Waals surface area contributed by atoms with Crippen LogP contribution in [0.4, 0.5) is 0 Å². The van der Waals surface area contributed by atoms with Crippen molar-refractivity contribution in [3.05, 3.63) is 12.2 Å². The predicted octanol–water partition coefficient (Wildman–Crippen LogP) is 1.35. The smallest absolute Gasteiger partial charge is 0.250 e. The maximum atomic E-state index is 12.5. The number of rotatable bonds is 0. The summed E-state index contributed by atoms with van der Waals surface area (Å²) in [5, 5.41) is 0. The monoisotopic (exact) mass is 280 g/mol. The van der Waals surface area contributed by atoms with Crippen molar-refractivity contribution in [3.8, 4) is 0 Å². The molecule has 0 aromatic carbocycles. The Morgan fingerprint density at radius 2 is 1.75 bits per heavy atom. The Morgan fingerprint density at radius 3 is 2.65 bits per heavy atom. The van der Waals surface area contributed by atoms with Crippen LogP contribution < -0.4 is 0 Å². The molecule has 5 heteroatoms. The van der Waals surface area contributed by atoms with Gasteiger partial charge in [-0.05, 0) is 31.8 Å². The Bertz CT molecular complexity index is 434. The number of carbonyl (C=O) groups excluding carboxylic acids is 1. The minimum Gasteiger partial charge on any atom is -0.375 e. The van der Waals surface area contributed by atoms with E-state index >= 15 is 0 Å². The van der Waals surface area contributed by atoms with Crippen molar-refractivity contribution < 1.29 is 23.7 Å². The summed E-state index contributed by atoms with van der Waals surface area (Å²) >= 11 is 0. The van der Waals surface area contributed by atoms with Crippen molar-refractivity contribution in [2.24, 2.45) is 0 Å². The molecular weight excluding hydrogens is 260 g/mol. The molecule has 4 rings (SSSR count). The molecule has 4 heterocycles. The average molecular weight is 280 g/mol. The zero-order valence-electron chi connectivity index (χ0n) is 11.5. The minimum absolute atomic E-state index is 0.0269. The third kappa shape index (κ3) is 2.04. The van der Waals surface area contributed by atoms with E-state index in [9.17, 15) is 4.79 Å². The highest BCUT2D eigenvalue weighted by Gasteiger charge is 2.52. The number of hydrogen-bond donors (Lipinski definition) is 0. The van der Waals surface area contributed by atoms with Crippen LogP contribution in [-0.4, -0.2) is 49.2 Å². The van der Waals surface area contributed by atoms with Gasteiger partial charge >= 0.3 is 0 Å². The van der Waals surface area contributed by atoms with E-state index in [0.29, 0.717) is 6.42 Å². The summed E-state index contributed by atoms with van der Waals surface area (Å²) in [6, 6.07) is 0. The lowest BCUT2D eigenvalue weighted by molar-refractivity contribution is -0.294. The van der Waals surface area contributed by atoms with Gasteiger partial charge < -0.3 is 18.9 Å². The van der Waals surface area contributed by atoms with Crippen LogP contribution in [0.5, 0.6) is 0 Å². The third-order valence-corrected chi connectivity index (χ3v) is 4.62. The van der Waals surface area contributed by atoms with Crippen molar-refractivity contribution in [3.63, 3.8) is 0 Å². The lowest BCUT2D eigenvalue weighted by Gasteiger charge is -2.47. The number of hydrogen-bond acceptors (Lipinski definition) is 5. The van der Waals surface area contributed by atoms with Gasteiger partial charge in [-0.15, -0.1) is 0 Å². The molecule has 0 saturated carbocycles. The average Bonchev–Trinajstić information content (AvgIpc) is 2.48. The molecule has 0 bridgehead atoms. The van der Waals surface area contributed by atoms with E-state index in [0.717, 1.165) is 38.9 Å². The fourth-order valence-corrected chi connectivity index (χ4v) is 3.55. The van der Waals surface area contributed by atoms with Gasteiger partial charge in [0.05, 0.1) is 18.3 Å². The standard InChI is InChI=1S/C15H20O5/c16-14-9-13-12(4-2-8-18-13)20-15(14)6-5-10-11(19-15)3-1-7-17-10/h5-6,10-13H,1-4,7-9H2/t10-,11+,12-,13+,15?/m0/s1. The zero-order valence-corrected chi connectivity index (χ0v) is 11.5. The fourth-order valence-electron chi connectivity index (χ4n) is 3.55. The molecule has 0 amide bonds. The summed E-state index contributed by atoms with van der Waals surface area (Å²) in [7, 11) is 0. The molecule has 0 aromatic heterocycles. The van der Waals surface area contributed by atoms with Gasteiger partial charge in [-0.2, -0.15) is 0 Å². The zero-order chi connectivity index (χ0) is 13.6. The van der Waals surface area contributed by atoms with E-state index in [1.807, 2.05) is 6.08 Å². The number of ketones is 1. The Labute approximate surface area is 118 Å². The van der Waals surface area contributed by atoms with Gasteiger partial charge in [-0.25, -0.2) is 0 Å². The van der Waals surface area contributed by atoms with Crippen LogP contribution in [0.2, 0.25) is 0 Å². The quantitative estimate of drug-likeness (QED) is 0.627. The summed E-state index contributed by atoms with van der Waals surface area (Å²) in [4.78, 5) is 12.5. The Hall–Kier alpha value is -0.750. The van der Waals surface area contributed by atoms with Crippen LogP contribution >= 0.6 is 0 Å². The largest absolute Gasteiger partial charge is 0.375 e. The van der Waals surface area contributed by atoms with Crippen LogP contribution in [0, 0.1) is 0 Å². The topological polar surface area (TPSA) is 54.0 Å². The van der Waals surface area contributed by atoms with Crippen molar-refractivity contribution in [1.82, 2.24) is 0 Å². The van der Waals surface area contributed by atoms with Gasteiger partial charge in [0.15, 0.2) is 5.78 Å². The van der Waals surface area contributed by atoms with Crippen LogP contribution in [0.1, 0.15) is 32.1 Å². The molecule has 110 valence electrons. The molecule has 1 spiro atoms. The molecule has 3 saturated heterocycles. The van der Waals surface area contributed by atoms with Gasteiger partial charge in [0, 0.05) is 19.6 Å². The molecule has 5 atom stereocenters. The van der Waals surface area contributed by atoms with Gasteiger partial charge in [-0.3, -0.25) is 4.79 Å². The lowest BCUT2D eigenvalue weighted by Crippen LogP contribution is -2.60. The predicted molar refractivity (Wildman–Crippen MR) is 69.2 cm³/mol. The van der Waals surface area contributed by atoms with Crippen molar-refractivity contribution in [2.75, 3.05) is 13.2 Å². The molecular formula is C15H20O5. The van der Waals surface area contributed by atoms with E-state index in [1.54, 1.807) is 6.08 Å². The van der Waals surface area contributed by atoms with Gasteiger partial charge in [0.1, 0.15) is 6.10 Å². The summed E-state index contributed by atoms with van der Waals surface area (Å²) in [5.74, 6) is -1.22. The SMILES string of the molecule is O=C1C[C@H]2OCCC[C@@H]2OC12C=C[C@@H]1OCCC[C@H]1O2. The Balaban J connectivity index is 1.58. The van der Waals surface area contributed by atoms with E-state index in [1.165, 1.54) is 0 Å². The van der Waals surface area contributed by atoms with Crippen LogP contribution in [0.3, 0.4) is 0 Å². The van der Waals surface area contributed by atoms with Crippen molar-refractivity contribution >= 4 is 5.78 Å². The van der Waals surface area contributed by atoms with Gasteiger partial charge in [0.2, 0.25) is 5.79 Å². The van der Waals surface area contributed by atoms with Crippen LogP contribution in [-0.2, 0) is 23.7 Å². The lowest BCUT2D eigenvalue weighted by atomic mass is 9.90. The molecule has 20 heavy (non-hydrogen) atoms. The number of fused-ring (bicyclic) bond motifs is 2. The maximum absolute atomic E-state index is 12.5. The Kier molecular flexibility index (Phi) is 3.18. The van der Waals surface area contributed by atoms with E-state index in [-0.39, 0.29) is 30.2 Å². The molecule has 0 aliphatic carbocycles. The Morgan fingerprint density at radius 1 is 1.00 bits per heavy atom. The molecule has 3 fully saturated rings. The van der Waals surface area contributed by atoms with Gasteiger partial charge in [-0.1, -0.05) is 6.08 Å². The summed E-state index contributed by atoms with van der Waals surface area (Å²) in [6.45, 7) is 1.48. The number of ether oxygens (including phenoxy) is 4. The second kappa shape index (κ2) is 4.91. The van der Waals surface area contributed by atoms with E-state index in [4.69, 9.17) is 18.9 Å². The van der Waals surface area contributed by atoms with Crippen LogP contribution in [0.25, 0.3) is 0 Å². The molecule has 0 radical (unpaired) electrons. The first-order valence-corrected chi connectivity index (χ1v) is 7.58.